The first kappa shape index (κ1) is 18.1. The van der Waals surface area contributed by atoms with Crippen LogP contribution in [0.2, 0.25) is 5.02 Å². The topological polar surface area (TPSA) is 139 Å². The Balaban J connectivity index is 1.65. The van der Waals surface area contributed by atoms with E-state index in [9.17, 15) is 15.3 Å². The summed E-state index contributed by atoms with van der Waals surface area (Å²) in [6.07, 6.45) is -2.70. The number of anilines is 1. The van der Waals surface area contributed by atoms with Crippen LogP contribution in [-0.2, 0) is 4.74 Å². The Kier molecular flexibility index (Phi) is 4.72. The van der Waals surface area contributed by atoms with E-state index in [1.807, 2.05) is 0 Å². The van der Waals surface area contributed by atoms with Gasteiger partial charge in [-0.1, -0.05) is 23.7 Å². The maximum Gasteiger partial charge on any atom is 0.164 e. The van der Waals surface area contributed by atoms with E-state index in [0.29, 0.717) is 27.4 Å². The number of hydrogen-bond donors (Lipinski definition) is 5. The highest BCUT2D eigenvalue weighted by Crippen LogP contribution is 2.38. The van der Waals surface area contributed by atoms with Crippen LogP contribution in [0.15, 0.2) is 42.9 Å². The number of halogens is 1. The van der Waals surface area contributed by atoms with E-state index in [4.69, 9.17) is 22.2 Å². The lowest BCUT2D eigenvalue weighted by Crippen LogP contribution is -2.34. The van der Waals surface area contributed by atoms with E-state index in [2.05, 4.69) is 15.4 Å². The molecule has 5 atom stereocenters. The second-order valence-electron chi connectivity index (χ2n) is 6.30. The fourth-order valence-electron chi connectivity index (χ4n) is 3.32. The van der Waals surface area contributed by atoms with Gasteiger partial charge in [0.2, 0.25) is 0 Å². The van der Waals surface area contributed by atoms with E-state index < -0.39 is 30.6 Å². The van der Waals surface area contributed by atoms with Gasteiger partial charge in [-0.05, 0) is 23.8 Å². The van der Waals surface area contributed by atoms with E-state index in [1.54, 1.807) is 41.1 Å². The lowest BCUT2D eigenvalue weighted by molar-refractivity contribution is -0.0848. The van der Waals surface area contributed by atoms with Crippen LogP contribution in [0.5, 0.6) is 0 Å². The number of nitrogens with two attached hydrogens (primary N) is 1. The summed E-state index contributed by atoms with van der Waals surface area (Å²) in [5, 5.41) is 32.7. The normalized spacial score (nSPS) is 26.4. The van der Waals surface area contributed by atoms with Crippen molar-refractivity contribution in [1.82, 2.24) is 14.5 Å². The molecule has 3 aromatic rings. The van der Waals surface area contributed by atoms with Gasteiger partial charge in [-0.15, -0.1) is 0 Å². The van der Waals surface area contributed by atoms with Crippen molar-refractivity contribution in [2.45, 2.75) is 30.6 Å². The van der Waals surface area contributed by atoms with Crippen LogP contribution in [0.1, 0.15) is 17.9 Å². The van der Waals surface area contributed by atoms with Crippen LogP contribution in [-0.4, -0.2) is 48.2 Å². The molecule has 9 nitrogen and oxygen atoms in total. The van der Waals surface area contributed by atoms with Gasteiger partial charge in [0.1, 0.15) is 36.4 Å². The van der Waals surface area contributed by atoms with Crippen molar-refractivity contribution in [3.8, 4) is 0 Å². The zero-order valence-electron chi connectivity index (χ0n) is 14.0. The fraction of sp³-hybridized carbons (Fsp3) is 0.294. The number of fused-ring (bicyclic) bond motifs is 1. The average molecular weight is 392 g/mol. The number of nitrogen functional groups attached to an aromatic ring is 1. The van der Waals surface area contributed by atoms with Crippen LogP contribution < -0.4 is 11.3 Å². The number of aliphatic hydroxyl groups excluding tert-OH is 3. The van der Waals surface area contributed by atoms with Gasteiger partial charge in [0, 0.05) is 11.2 Å². The molecule has 0 amide bonds. The predicted molar refractivity (Wildman–Crippen MR) is 97.7 cm³/mol. The van der Waals surface area contributed by atoms with Gasteiger partial charge in [0.05, 0.1) is 5.39 Å². The molecule has 0 aliphatic carbocycles. The first-order chi connectivity index (χ1) is 13.0. The van der Waals surface area contributed by atoms with Crippen molar-refractivity contribution in [2.24, 2.45) is 5.84 Å². The predicted octanol–water partition coefficient (Wildman–Crippen LogP) is 0.723. The molecule has 1 fully saturated rings. The smallest absolute Gasteiger partial charge is 0.164 e. The lowest BCUT2D eigenvalue weighted by Gasteiger charge is -2.21. The molecule has 142 valence electrons. The van der Waals surface area contributed by atoms with Gasteiger partial charge in [-0.3, -0.25) is 0 Å². The van der Waals surface area contributed by atoms with Crippen LogP contribution in [0.3, 0.4) is 0 Å². The van der Waals surface area contributed by atoms with Gasteiger partial charge in [-0.25, -0.2) is 15.8 Å². The molecule has 3 heterocycles. The molecule has 0 saturated carbocycles. The first-order valence-corrected chi connectivity index (χ1v) is 8.62. The van der Waals surface area contributed by atoms with Gasteiger partial charge in [-0.2, -0.15) is 0 Å². The van der Waals surface area contributed by atoms with Crippen LogP contribution in [0.4, 0.5) is 5.82 Å². The molecule has 1 unspecified atom stereocenters. The number of aromatic nitrogens is 3. The highest BCUT2D eigenvalue weighted by molar-refractivity contribution is 6.30. The molecule has 1 aliphatic heterocycles. The van der Waals surface area contributed by atoms with Gasteiger partial charge < -0.3 is 30.0 Å². The number of aliphatic hydroxyl groups is 3. The number of nitrogens with one attached hydrogen (secondary N) is 1. The number of nitrogens with zero attached hydrogens (tertiary/aromatic N) is 3. The second kappa shape index (κ2) is 7.04. The summed E-state index contributed by atoms with van der Waals surface area (Å²) in [5.74, 6) is 5.87. The third-order valence-electron chi connectivity index (χ3n) is 4.72. The number of hydrazine groups is 1. The Labute approximate surface area is 159 Å². The van der Waals surface area contributed by atoms with E-state index >= 15 is 0 Å². The summed E-state index contributed by atoms with van der Waals surface area (Å²) in [7, 11) is 0. The van der Waals surface area contributed by atoms with Crippen LogP contribution >= 0.6 is 11.6 Å². The molecular weight excluding hydrogens is 374 g/mol. The molecule has 2 aromatic heterocycles. The molecule has 27 heavy (non-hydrogen) atoms. The number of rotatable bonds is 4. The fourth-order valence-corrected chi connectivity index (χ4v) is 3.44. The Hall–Kier alpha value is -2.27. The van der Waals surface area contributed by atoms with Crippen molar-refractivity contribution in [3.63, 3.8) is 0 Å². The third-order valence-corrected chi connectivity index (χ3v) is 4.97. The molecule has 6 N–H and O–H groups in total. The Morgan fingerprint density at radius 1 is 1.15 bits per heavy atom. The van der Waals surface area contributed by atoms with Gasteiger partial charge >= 0.3 is 0 Å². The van der Waals surface area contributed by atoms with Crippen molar-refractivity contribution in [3.05, 3.63) is 53.4 Å². The van der Waals surface area contributed by atoms with E-state index in [1.165, 1.54) is 6.33 Å². The second-order valence-corrected chi connectivity index (χ2v) is 6.73. The SMILES string of the molecule is NNc1ncnc2c1ccn2[C@@H]1O[C@H](C(O)c2ccc(Cl)cc2)[C@@H](O)[C@H]1O. The van der Waals surface area contributed by atoms with Crippen molar-refractivity contribution in [2.75, 3.05) is 5.43 Å². The maximum atomic E-state index is 10.6. The van der Waals surface area contributed by atoms with Gasteiger partial charge in [0.25, 0.3) is 0 Å². The quantitative estimate of drug-likeness (QED) is 0.324. The Morgan fingerprint density at radius 2 is 1.89 bits per heavy atom. The minimum absolute atomic E-state index is 0.421. The molecule has 1 aromatic carbocycles. The van der Waals surface area contributed by atoms with Crippen molar-refractivity contribution < 1.29 is 20.1 Å². The molecular formula is C17H18ClN5O4. The molecule has 0 spiro atoms. The molecule has 0 bridgehead atoms. The average Bonchev–Trinajstić information content (AvgIpc) is 3.23. The zero-order chi connectivity index (χ0) is 19.1. The first-order valence-electron chi connectivity index (χ1n) is 8.24. The summed E-state index contributed by atoms with van der Waals surface area (Å²) >= 11 is 5.87. The van der Waals surface area contributed by atoms with Crippen molar-refractivity contribution >= 4 is 28.5 Å². The minimum Gasteiger partial charge on any atom is -0.387 e. The molecule has 1 aliphatic rings. The Morgan fingerprint density at radius 3 is 2.59 bits per heavy atom. The molecule has 10 heteroatoms. The monoisotopic (exact) mass is 391 g/mol. The number of hydrogen-bond acceptors (Lipinski definition) is 8. The molecule has 0 radical (unpaired) electrons. The standard InChI is InChI=1S/C17H18ClN5O4/c18-9-3-1-8(2-4-9)11(24)14-12(25)13(26)17(27-14)23-6-5-10-15(22-19)20-7-21-16(10)23/h1-7,11-14,17,24-26H,19H2,(H,20,21,22)/t11?,12-,13+,14+,17+/m0/s1. The Bertz CT molecular complexity index is 950. The minimum atomic E-state index is -1.30. The summed E-state index contributed by atoms with van der Waals surface area (Å²) in [5.41, 5.74) is 3.47. The number of ether oxygens (including phenoxy) is 1. The molecule has 4 rings (SSSR count). The lowest BCUT2D eigenvalue weighted by atomic mass is 9.99. The van der Waals surface area contributed by atoms with Crippen LogP contribution in [0, 0.1) is 0 Å². The summed E-state index contributed by atoms with van der Waals surface area (Å²) < 4.78 is 7.40. The summed E-state index contributed by atoms with van der Waals surface area (Å²) in [4.78, 5) is 8.22. The van der Waals surface area contributed by atoms with E-state index in [0.717, 1.165) is 0 Å². The maximum absolute atomic E-state index is 10.6. The molecule has 1 saturated heterocycles. The van der Waals surface area contributed by atoms with Crippen LogP contribution in [0.25, 0.3) is 11.0 Å². The highest BCUT2D eigenvalue weighted by atomic mass is 35.5. The largest absolute Gasteiger partial charge is 0.387 e. The zero-order valence-corrected chi connectivity index (χ0v) is 14.7. The van der Waals surface area contributed by atoms with Crippen molar-refractivity contribution in [1.29, 1.82) is 0 Å². The third kappa shape index (κ3) is 3.04. The van der Waals surface area contributed by atoms with Gasteiger partial charge in [0.15, 0.2) is 12.0 Å². The summed E-state index contributed by atoms with van der Waals surface area (Å²) in [6, 6.07) is 8.26. The highest BCUT2D eigenvalue weighted by Gasteiger charge is 2.47. The summed E-state index contributed by atoms with van der Waals surface area (Å²) in [6.45, 7) is 0. The number of benzene rings is 1. The van der Waals surface area contributed by atoms with E-state index in [-0.39, 0.29) is 0 Å².